The van der Waals surface area contributed by atoms with Crippen LogP contribution >= 0.6 is 0 Å². The van der Waals surface area contributed by atoms with Crippen LogP contribution in [0, 0.1) is 5.92 Å². The predicted octanol–water partition coefficient (Wildman–Crippen LogP) is 9.19. The van der Waals surface area contributed by atoms with Crippen LogP contribution in [0.2, 0.25) is 0 Å². The van der Waals surface area contributed by atoms with Crippen molar-refractivity contribution in [2.45, 2.75) is 51.9 Å². The summed E-state index contributed by atoms with van der Waals surface area (Å²) in [6.07, 6.45) is -5.74. The fourth-order valence-corrected chi connectivity index (χ4v) is 5.70. The highest BCUT2D eigenvalue weighted by molar-refractivity contribution is 5.86. The van der Waals surface area contributed by atoms with Crippen LogP contribution in [0.15, 0.2) is 152 Å². The first-order chi connectivity index (χ1) is 33.8. The topological polar surface area (TPSA) is 244 Å². The van der Waals surface area contributed by atoms with E-state index in [4.69, 9.17) is 33.2 Å². The smallest absolute Gasteiger partial charge is 0.412 e. The van der Waals surface area contributed by atoms with E-state index in [0.717, 1.165) is 5.56 Å². The highest BCUT2D eigenvalue weighted by Crippen LogP contribution is 2.12. The Morgan fingerprint density at radius 3 is 1.21 bits per heavy atom. The molecule has 3 unspecified atom stereocenters. The quantitative estimate of drug-likeness (QED) is 0.0340. The lowest BCUT2D eigenvalue weighted by molar-refractivity contribution is -0.151. The van der Waals surface area contributed by atoms with Crippen molar-refractivity contribution in [1.29, 1.82) is 0 Å². The molecule has 5 amide bonds. The number of carbonyl (C=O) groups excluding carboxylic acids is 7. The molecule has 0 saturated carbocycles. The van der Waals surface area contributed by atoms with Crippen LogP contribution in [0.3, 0.4) is 0 Å². The summed E-state index contributed by atoms with van der Waals surface area (Å²) < 4.78 is 36.2. The molecule has 3 atom stereocenters. The number of esters is 2. The highest BCUT2D eigenvalue weighted by atomic mass is 16.6. The number of benzene rings is 5. The van der Waals surface area contributed by atoms with E-state index in [-0.39, 0.29) is 51.7 Å². The van der Waals surface area contributed by atoms with E-state index in [2.05, 4.69) is 26.6 Å². The number of para-hydroxylation sites is 4. The first-order valence-corrected chi connectivity index (χ1v) is 22.1. The van der Waals surface area contributed by atoms with E-state index in [1.54, 1.807) is 124 Å². The molecule has 0 aliphatic carbocycles. The molecule has 0 bridgehead atoms. The average Bonchev–Trinajstić information content (AvgIpc) is 3.34. The van der Waals surface area contributed by atoms with Gasteiger partial charge in [0.2, 0.25) is 0 Å². The molecule has 370 valence electrons. The molecule has 0 heterocycles. The van der Waals surface area contributed by atoms with Crippen LogP contribution in [-0.4, -0.2) is 93.7 Å². The van der Waals surface area contributed by atoms with Crippen molar-refractivity contribution in [2.75, 3.05) is 54.2 Å². The summed E-state index contributed by atoms with van der Waals surface area (Å²) >= 11 is 0. The summed E-state index contributed by atoms with van der Waals surface area (Å²) in [4.78, 5) is 84.2. The number of rotatable bonds is 21. The molecule has 0 fully saturated rings. The summed E-state index contributed by atoms with van der Waals surface area (Å²) in [6.45, 7) is 4.34. The second-order valence-corrected chi connectivity index (χ2v) is 15.3. The van der Waals surface area contributed by atoms with Crippen LogP contribution in [0.4, 0.5) is 46.7 Å². The largest absolute Gasteiger partial charge is 0.461 e. The zero-order chi connectivity index (χ0) is 50.4. The Kier molecular flexibility index (Phi) is 23.6. The van der Waals surface area contributed by atoms with Gasteiger partial charge in [-0.2, -0.15) is 0 Å². The van der Waals surface area contributed by atoms with Gasteiger partial charge in [0.05, 0.1) is 6.42 Å². The number of carbonyl (C=O) groups is 7. The standard InChI is InChI=1S/C27H34N2O8.C24H23N3O6/c1-19(14-25(31)36-20(2)18-35-27(33)29-23-12-8-5-9-13-23)16-28-26(32)37-21(3)17-34-24(30)15-22-10-6-4-7-11-22;28-22(25-18-10-4-1-5-11-18)31-16-21(33-24(30)27-20-14-8-3-9-15-20)17-32-23(29)26-19-12-6-2-7-13-19/h4-13,19-21H,14-18H2,1-3H3,(H,28,32)(H,29,33);1-15,21H,16-17H2,(H,25,28)(H,26,29)(H,27,30). The third kappa shape index (κ3) is 23.7. The van der Waals surface area contributed by atoms with Gasteiger partial charge in [-0.3, -0.25) is 30.9 Å². The van der Waals surface area contributed by atoms with Gasteiger partial charge in [0, 0.05) is 35.7 Å². The van der Waals surface area contributed by atoms with Crippen molar-refractivity contribution in [1.82, 2.24) is 5.32 Å². The molecule has 5 aromatic carbocycles. The lowest BCUT2D eigenvalue weighted by atomic mass is 10.1. The van der Waals surface area contributed by atoms with Crippen LogP contribution in [0.25, 0.3) is 0 Å². The van der Waals surface area contributed by atoms with Gasteiger partial charge >= 0.3 is 42.4 Å². The Morgan fingerprint density at radius 2 is 0.771 bits per heavy atom. The molecular formula is C51H57N5O14. The fraction of sp³-hybridized carbons (Fsp3) is 0.275. The third-order valence-electron chi connectivity index (χ3n) is 9.03. The second-order valence-electron chi connectivity index (χ2n) is 15.3. The average molecular weight is 964 g/mol. The van der Waals surface area contributed by atoms with Gasteiger partial charge in [-0.15, -0.1) is 0 Å². The lowest BCUT2D eigenvalue weighted by Crippen LogP contribution is -2.34. The lowest BCUT2D eigenvalue weighted by Gasteiger charge is -2.18. The number of hydrogen-bond acceptors (Lipinski definition) is 14. The molecule has 0 aromatic heterocycles. The Balaban J connectivity index is 0.000000306. The Bertz CT molecular complexity index is 2310. The molecule has 0 radical (unpaired) electrons. The molecule has 5 rings (SSSR count). The van der Waals surface area contributed by atoms with E-state index in [1.807, 2.05) is 48.5 Å². The molecular weight excluding hydrogens is 907 g/mol. The zero-order valence-electron chi connectivity index (χ0n) is 38.9. The normalized spacial score (nSPS) is 11.5. The van der Waals surface area contributed by atoms with E-state index >= 15 is 0 Å². The number of alkyl carbamates (subject to hydrolysis) is 1. The second kappa shape index (κ2) is 30.6. The van der Waals surface area contributed by atoms with Crippen LogP contribution < -0.4 is 26.6 Å². The van der Waals surface area contributed by atoms with Crippen molar-refractivity contribution in [2.24, 2.45) is 5.92 Å². The Hall–Kier alpha value is -8.61. The van der Waals surface area contributed by atoms with Crippen molar-refractivity contribution >= 4 is 65.2 Å². The molecule has 19 heteroatoms. The number of amides is 5. The summed E-state index contributed by atoms with van der Waals surface area (Å²) in [5.41, 5.74) is 3.03. The molecule has 5 aromatic rings. The number of hydrogen-bond donors (Lipinski definition) is 5. The minimum Gasteiger partial charge on any atom is -0.461 e. The van der Waals surface area contributed by atoms with E-state index in [9.17, 15) is 33.6 Å². The first-order valence-electron chi connectivity index (χ1n) is 22.1. The monoisotopic (exact) mass is 963 g/mol. The maximum Gasteiger partial charge on any atom is 0.412 e. The number of anilines is 4. The molecule has 0 aliphatic rings. The van der Waals surface area contributed by atoms with Gasteiger partial charge in [0.15, 0.2) is 6.10 Å². The Labute approximate surface area is 405 Å². The highest BCUT2D eigenvalue weighted by Gasteiger charge is 2.21. The summed E-state index contributed by atoms with van der Waals surface area (Å²) in [5.74, 6) is -1.12. The van der Waals surface area contributed by atoms with Gasteiger partial charge in [-0.05, 0) is 73.9 Å². The van der Waals surface area contributed by atoms with Gasteiger partial charge in [-0.1, -0.05) is 110 Å². The van der Waals surface area contributed by atoms with Crippen molar-refractivity contribution < 1.29 is 66.7 Å². The van der Waals surface area contributed by atoms with E-state index in [0.29, 0.717) is 22.7 Å². The molecule has 19 nitrogen and oxygen atoms in total. The number of ether oxygens (including phenoxy) is 7. The summed E-state index contributed by atoms with van der Waals surface area (Å²) in [5, 5.41) is 12.8. The van der Waals surface area contributed by atoms with Crippen molar-refractivity contribution in [3.05, 3.63) is 157 Å². The molecule has 70 heavy (non-hydrogen) atoms. The molecule has 0 aliphatic heterocycles. The van der Waals surface area contributed by atoms with Crippen LogP contribution in [-0.2, 0) is 49.2 Å². The maximum atomic E-state index is 12.2. The fourth-order valence-electron chi connectivity index (χ4n) is 5.70. The van der Waals surface area contributed by atoms with Gasteiger partial charge in [0.25, 0.3) is 0 Å². The first kappa shape index (κ1) is 54.0. The molecule has 5 N–H and O–H groups in total. The third-order valence-corrected chi connectivity index (χ3v) is 9.03. The van der Waals surface area contributed by atoms with Crippen molar-refractivity contribution in [3.63, 3.8) is 0 Å². The summed E-state index contributed by atoms with van der Waals surface area (Å²) in [6, 6.07) is 44.1. The minimum atomic E-state index is -1.04. The van der Waals surface area contributed by atoms with Gasteiger partial charge in [0.1, 0.15) is 38.6 Å². The summed E-state index contributed by atoms with van der Waals surface area (Å²) in [7, 11) is 0. The Morgan fingerprint density at radius 1 is 0.400 bits per heavy atom. The van der Waals surface area contributed by atoms with Crippen LogP contribution in [0.5, 0.6) is 0 Å². The van der Waals surface area contributed by atoms with E-state index in [1.165, 1.54) is 0 Å². The zero-order valence-corrected chi connectivity index (χ0v) is 38.9. The van der Waals surface area contributed by atoms with Crippen molar-refractivity contribution in [3.8, 4) is 0 Å². The van der Waals surface area contributed by atoms with Crippen LogP contribution in [0.1, 0.15) is 32.8 Å². The maximum absolute atomic E-state index is 12.2. The molecule has 0 spiro atoms. The SMILES string of the molecule is CC(CNC(=O)OC(C)COC(=O)Cc1ccccc1)CC(=O)OC(C)COC(=O)Nc1ccccc1.O=C(Nc1ccccc1)OCC(COC(=O)Nc1ccccc1)OC(=O)Nc1ccccc1. The molecule has 0 saturated heterocycles. The minimum absolute atomic E-state index is 0.0491. The van der Waals surface area contributed by atoms with Gasteiger partial charge < -0.3 is 38.5 Å². The number of nitrogens with one attached hydrogen (secondary N) is 5. The van der Waals surface area contributed by atoms with Gasteiger partial charge in [-0.25, -0.2) is 24.0 Å². The predicted molar refractivity (Wildman–Crippen MR) is 259 cm³/mol. The van der Waals surface area contributed by atoms with E-state index < -0.39 is 60.7 Å².